The molecule has 194 valence electrons. The topological polar surface area (TPSA) is 114 Å². The number of aromatic carboxylic acids is 1. The van der Waals surface area contributed by atoms with Gasteiger partial charge < -0.3 is 14.5 Å². The van der Waals surface area contributed by atoms with Gasteiger partial charge in [0.25, 0.3) is 5.91 Å². The van der Waals surface area contributed by atoms with Gasteiger partial charge in [-0.2, -0.15) is 0 Å². The quantitative estimate of drug-likeness (QED) is 0.167. The van der Waals surface area contributed by atoms with E-state index in [1.165, 1.54) is 35.4 Å². The number of hydrogen-bond donors (Lipinski definition) is 1. The predicted octanol–water partition coefficient (Wildman–Crippen LogP) is 6.82. The Kier molecular flexibility index (Phi) is 8.69. The second-order valence-electron chi connectivity index (χ2n) is 7.92. The van der Waals surface area contributed by atoms with Gasteiger partial charge in [0, 0.05) is 42.0 Å². The number of benzene rings is 2. The highest BCUT2D eigenvalue weighted by molar-refractivity contribution is 6.54. The van der Waals surface area contributed by atoms with Crippen molar-refractivity contribution in [1.82, 2.24) is 10.1 Å². The lowest BCUT2D eigenvalue weighted by Crippen LogP contribution is -2.36. The van der Waals surface area contributed by atoms with Crippen LogP contribution < -0.4 is 4.90 Å². The first kappa shape index (κ1) is 27.6. The Labute approximate surface area is 236 Å². The van der Waals surface area contributed by atoms with E-state index >= 15 is 0 Å². The molecule has 2 aromatic heterocycles. The Morgan fingerprint density at radius 2 is 1.58 bits per heavy atom. The molecule has 0 fully saturated rings. The number of carboxylic acid groups (broad SMARTS) is 1. The van der Waals surface area contributed by atoms with Gasteiger partial charge in [0.05, 0.1) is 15.6 Å². The van der Waals surface area contributed by atoms with E-state index in [4.69, 9.17) is 56.0 Å². The molecule has 0 spiro atoms. The lowest BCUT2D eigenvalue weighted by Gasteiger charge is -2.23. The number of Topliss-reactive ketones (excluding diaryl/α,β-unsaturated/α-hetero) is 1. The minimum atomic E-state index is -1.38. The fraction of sp³-hybridized carbons (Fsp3) is 0.115. The van der Waals surface area contributed by atoms with E-state index in [1.807, 2.05) is 0 Å². The van der Waals surface area contributed by atoms with E-state index in [2.05, 4.69) is 10.1 Å². The maximum atomic E-state index is 12.8. The van der Waals surface area contributed by atoms with Crippen molar-refractivity contribution in [2.75, 3.05) is 11.4 Å². The first-order valence-corrected chi connectivity index (χ1v) is 12.6. The van der Waals surface area contributed by atoms with Crippen molar-refractivity contribution in [2.45, 2.75) is 11.3 Å². The number of carbonyl (C=O) groups is 3. The molecular weight excluding hydrogens is 576 g/mol. The Bertz CT molecular complexity index is 1480. The van der Waals surface area contributed by atoms with Gasteiger partial charge in [-0.1, -0.05) is 69.8 Å². The maximum Gasteiger partial charge on any atom is 0.335 e. The third-order valence-electron chi connectivity index (χ3n) is 5.51. The molecule has 0 radical (unpaired) electrons. The summed E-state index contributed by atoms with van der Waals surface area (Å²) in [5.74, 6) is -1.75. The zero-order valence-corrected chi connectivity index (χ0v) is 22.3. The van der Waals surface area contributed by atoms with E-state index < -0.39 is 16.7 Å². The van der Waals surface area contributed by atoms with E-state index in [9.17, 15) is 14.4 Å². The van der Waals surface area contributed by atoms with Crippen LogP contribution in [0.25, 0.3) is 22.7 Å². The fourth-order valence-electron chi connectivity index (χ4n) is 3.62. The van der Waals surface area contributed by atoms with Crippen molar-refractivity contribution in [2.24, 2.45) is 0 Å². The molecule has 12 heteroatoms. The molecule has 8 nitrogen and oxygen atoms in total. The highest BCUT2D eigenvalue weighted by Crippen LogP contribution is 2.36. The number of pyridine rings is 1. The van der Waals surface area contributed by atoms with Crippen LogP contribution in [-0.4, -0.2) is 44.3 Å². The van der Waals surface area contributed by atoms with E-state index in [0.717, 1.165) is 0 Å². The van der Waals surface area contributed by atoms with Crippen LogP contribution in [0.1, 0.15) is 27.1 Å². The summed E-state index contributed by atoms with van der Waals surface area (Å²) in [6, 6.07) is 15.3. The summed E-state index contributed by atoms with van der Waals surface area (Å²) < 4.78 is 5.46. The van der Waals surface area contributed by atoms with E-state index in [0.29, 0.717) is 38.2 Å². The molecular formula is C26H17Cl4N3O5. The van der Waals surface area contributed by atoms with Crippen molar-refractivity contribution >= 4 is 69.8 Å². The van der Waals surface area contributed by atoms with Crippen molar-refractivity contribution in [1.29, 1.82) is 0 Å². The second kappa shape index (κ2) is 12.0. The second-order valence-corrected chi connectivity index (χ2v) is 9.83. The number of aromatic nitrogens is 2. The molecule has 0 atom stereocenters. The molecule has 0 saturated heterocycles. The van der Waals surface area contributed by atoms with Crippen LogP contribution in [0.2, 0.25) is 10.0 Å². The predicted molar refractivity (Wildman–Crippen MR) is 145 cm³/mol. The van der Waals surface area contributed by atoms with Gasteiger partial charge in [0.15, 0.2) is 16.4 Å². The van der Waals surface area contributed by atoms with Gasteiger partial charge in [-0.25, -0.2) is 4.79 Å². The molecule has 1 N–H and O–H groups in total. The van der Waals surface area contributed by atoms with Gasteiger partial charge in [0.2, 0.25) is 0 Å². The number of carbonyl (C=O) groups excluding carboxylic acids is 2. The molecule has 0 aliphatic rings. The third-order valence-corrected chi connectivity index (χ3v) is 6.51. The zero-order valence-electron chi connectivity index (χ0n) is 19.3. The normalized spacial score (nSPS) is 11.0. The van der Waals surface area contributed by atoms with Crippen molar-refractivity contribution < 1.29 is 24.0 Å². The van der Waals surface area contributed by atoms with Crippen molar-refractivity contribution in [3.63, 3.8) is 0 Å². The lowest BCUT2D eigenvalue weighted by molar-refractivity contribution is -0.117. The highest BCUT2D eigenvalue weighted by Gasteiger charge is 2.24. The standard InChI is InChI=1S/C26H17Cl4N3O5/c27-17-2-1-3-18(28)23(17)20-13-22(38-32-20)19-12-16(8-10-31-19)33(25(35)24(29)30)11-9-21(34)14-4-6-15(7-5-14)26(36)37/h1-8,10,12-13,24H,9,11H2,(H,36,37). The number of ketones is 1. The minimum absolute atomic E-state index is 0.0470. The first-order valence-electron chi connectivity index (χ1n) is 11.0. The Balaban J connectivity index is 1.58. The first-order chi connectivity index (χ1) is 18.2. The molecule has 1 amide bonds. The lowest BCUT2D eigenvalue weighted by atomic mass is 10.1. The van der Waals surface area contributed by atoms with Gasteiger partial charge in [-0.05, 0) is 36.4 Å². The molecule has 0 saturated carbocycles. The summed E-state index contributed by atoms with van der Waals surface area (Å²) in [5, 5.41) is 13.9. The molecule has 38 heavy (non-hydrogen) atoms. The smallest absolute Gasteiger partial charge is 0.335 e. The number of hydrogen-bond acceptors (Lipinski definition) is 6. The summed E-state index contributed by atoms with van der Waals surface area (Å²) in [4.78, 5) is 40.8. The average Bonchev–Trinajstić information content (AvgIpc) is 3.38. The van der Waals surface area contributed by atoms with Gasteiger partial charge >= 0.3 is 5.97 Å². The van der Waals surface area contributed by atoms with Gasteiger partial charge in [-0.3, -0.25) is 14.6 Å². The number of anilines is 1. The van der Waals surface area contributed by atoms with Crippen LogP contribution in [0.5, 0.6) is 0 Å². The Morgan fingerprint density at radius 3 is 2.21 bits per heavy atom. The summed E-state index contributed by atoms with van der Waals surface area (Å²) >= 11 is 24.3. The maximum absolute atomic E-state index is 12.8. The Morgan fingerprint density at radius 1 is 0.921 bits per heavy atom. The number of halogens is 4. The molecule has 2 heterocycles. The van der Waals surface area contributed by atoms with Crippen LogP contribution >= 0.6 is 46.4 Å². The summed E-state index contributed by atoms with van der Waals surface area (Å²) in [6.07, 6.45) is 1.38. The largest absolute Gasteiger partial charge is 0.478 e. The SMILES string of the molecule is O=C(O)c1ccc(C(=O)CCN(C(=O)C(Cl)Cl)c2ccnc(-c3cc(-c4c(Cl)cccc4Cl)no3)c2)cc1. The summed E-state index contributed by atoms with van der Waals surface area (Å²) in [7, 11) is 0. The van der Waals surface area contributed by atoms with Crippen LogP contribution in [0.4, 0.5) is 5.69 Å². The van der Waals surface area contributed by atoms with Crippen LogP contribution in [0.3, 0.4) is 0 Å². The Hall–Kier alpha value is -3.43. The average molecular weight is 593 g/mol. The van der Waals surface area contributed by atoms with Crippen LogP contribution in [-0.2, 0) is 4.79 Å². The number of carboxylic acids is 1. The monoisotopic (exact) mass is 591 g/mol. The molecule has 0 bridgehead atoms. The molecule has 0 aliphatic carbocycles. The summed E-state index contributed by atoms with van der Waals surface area (Å²) in [5.41, 5.74) is 1.98. The molecule has 4 aromatic rings. The zero-order chi connectivity index (χ0) is 27.4. The highest BCUT2D eigenvalue weighted by atomic mass is 35.5. The number of alkyl halides is 2. The molecule has 0 aliphatic heterocycles. The van der Waals surface area contributed by atoms with Gasteiger partial charge in [0.1, 0.15) is 11.4 Å². The van der Waals surface area contributed by atoms with Crippen LogP contribution in [0.15, 0.2) is 71.4 Å². The van der Waals surface area contributed by atoms with Gasteiger partial charge in [-0.15, -0.1) is 0 Å². The minimum Gasteiger partial charge on any atom is -0.478 e. The van der Waals surface area contributed by atoms with Crippen molar-refractivity contribution in [3.8, 4) is 22.7 Å². The number of amides is 1. The van der Waals surface area contributed by atoms with Crippen molar-refractivity contribution in [3.05, 3.63) is 88.0 Å². The molecule has 2 aromatic carbocycles. The van der Waals surface area contributed by atoms with E-state index in [1.54, 1.807) is 36.4 Å². The van der Waals surface area contributed by atoms with E-state index in [-0.39, 0.29) is 30.1 Å². The fourth-order valence-corrected chi connectivity index (χ4v) is 4.45. The molecule has 4 rings (SSSR count). The number of nitrogens with zero attached hydrogens (tertiary/aromatic N) is 3. The molecule has 0 unspecified atom stereocenters. The summed E-state index contributed by atoms with van der Waals surface area (Å²) in [6.45, 7) is -0.0470. The van der Waals surface area contributed by atoms with Crippen LogP contribution in [0, 0.1) is 0 Å². The number of rotatable bonds is 9. The third kappa shape index (κ3) is 6.16.